The molecule has 0 N–H and O–H groups in total. The monoisotopic (exact) mass is 254 g/mol. The molecule has 0 aliphatic carbocycles. The molecule has 1 aliphatic rings. The van der Waals surface area contributed by atoms with Crippen LogP contribution < -0.4 is 0 Å². The molecule has 3 atom stereocenters. The van der Waals surface area contributed by atoms with E-state index in [1.54, 1.807) is 0 Å². The molecular weight excluding hydrogens is 239 g/mol. The van der Waals surface area contributed by atoms with Gasteiger partial charge in [-0.25, -0.2) is 0 Å². The molecule has 1 aliphatic heterocycles. The number of hydrogen-bond donors (Lipinski definition) is 0. The minimum atomic E-state index is -0.666. The normalized spacial score (nSPS) is 35.5. The van der Waals surface area contributed by atoms with Crippen molar-refractivity contribution in [1.82, 2.24) is 0 Å². The van der Waals surface area contributed by atoms with Gasteiger partial charge < -0.3 is 9.47 Å². The van der Waals surface area contributed by atoms with E-state index < -0.39 is 11.2 Å². The molecule has 88 valence electrons. The smallest absolute Gasteiger partial charge is 0.305 e. The summed E-state index contributed by atoms with van der Waals surface area (Å²) in [5, 5.41) is 0. The maximum absolute atomic E-state index is 10.9. The van der Waals surface area contributed by atoms with Gasteiger partial charge in [-0.15, -0.1) is 23.2 Å². The first-order valence-electron chi connectivity index (χ1n) is 5.08. The Morgan fingerprint density at radius 1 is 1.67 bits per heavy atom. The quantitative estimate of drug-likeness (QED) is 0.572. The average Bonchev–Trinajstić information content (AvgIpc) is 2.44. The van der Waals surface area contributed by atoms with Crippen LogP contribution in [0.15, 0.2) is 0 Å². The highest BCUT2D eigenvalue weighted by molar-refractivity contribution is 6.26. The van der Waals surface area contributed by atoms with E-state index in [9.17, 15) is 4.79 Å². The fourth-order valence-electron chi connectivity index (χ4n) is 1.83. The van der Waals surface area contributed by atoms with Crippen LogP contribution >= 0.6 is 23.2 Å². The molecule has 15 heavy (non-hydrogen) atoms. The summed E-state index contributed by atoms with van der Waals surface area (Å²) in [6.45, 7) is 3.82. The van der Waals surface area contributed by atoms with Gasteiger partial charge >= 0.3 is 5.97 Å². The van der Waals surface area contributed by atoms with E-state index in [-0.39, 0.29) is 11.9 Å². The lowest BCUT2D eigenvalue weighted by Crippen LogP contribution is -2.41. The molecule has 0 amide bonds. The van der Waals surface area contributed by atoms with Crippen molar-refractivity contribution >= 4 is 29.2 Å². The van der Waals surface area contributed by atoms with Gasteiger partial charge in [0.2, 0.25) is 6.29 Å². The number of esters is 1. The van der Waals surface area contributed by atoms with Crippen LogP contribution in [0.1, 0.15) is 26.7 Å². The Balaban J connectivity index is 2.75. The second-order valence-corrected chi connectivity index (χ2v) is 4.81. The Kier molecular flexibility index (Phi) is 4.68. The molecule has 0 aromatic heterocycles. The largest absolute Gasteiger partial charge is 0.434 e. The first-order chi connectivity index (χ1) is 7.04. The lowest BCUT2D eigenvalue weighted by Gasteiger charge is -2.30. The fraction of sp³-hybridized carbons (Fsp3) is 0.900. The van der Waals surface area contributed by atoms with Crippen molar-refractivity contribution in [2.45, 2.75) is 37.9 Å². The third-order valence-corrected chi connectivity index (χ3v) is 3.66. The molecule has 0 unspecified atom stereocenters. The van der Waals surface area contributed by atoms with E-state index in [2.05, 4.69) is 0 Å². The molecule has 0 aromatic rings. The highest BCUT2D eigenvalue weighted by atomic mass is 35.5. The van der Waals surface area contributed by atoms with Gasteiger partial charge in [0.25, 0.3) is 0 Å². The Morgan fingerprint density at radius 2 is 2.33 bits per heavy atom. The minimum absolute atomic E-state index is 0.0325. The molecule has 0 bridgehead atoms. The third-order valence-electron chi connectivity index (χ3n) is 2.61. The molecule has 1 saturated heterocycles. The Bertz CT molecular complexity index is 235. The topological polar surface area (TPSA) is 35.5 Å². The second-order valence-electron chi connectivity index (χ2n) is 3.80. The van der Waals surface area contributed by atoms with Gasteiger partial charge in [0, 0.05) is 18.7 Å². The molecule has 5 heteroatoms. The maximum atomic E-state index is 10.9. The van der Waals surface area contributed by atoms with Crippen molar-refractivity contribution in [3.63, 3.8) is 0 Å². The van der Waals surface area contributed by atoms with E-state index in [4.69, 9.17) is 32.7 Å². The molecule has 0 aromatic carbocycles. The Morgan fingerprint density at radius 3 is 2.80 bits per heavy atom. The highest BCUT2D eigenvalue weighted by Crippen LogP contribution is 2.42. The third kappa shape index (κ3) is 2.77. The number of carbonyl (C=O) groups excluding carboxylic acids is 1. The van der Waals surface area contributed by atoms with Crippen LogP contribution in [0.5, 0.6) is 0 Å². The van der Waals surface area contributed by atoms with E-state index in [1.807, 2.05) is 6.92 Å². The first kappa shape index (κ1) is 13.1. The predicted molar refractivity (Wildman–Crippen MR) is 59.2 cm³/mol. The average molecular weight is 255 g/mol. The predicted octanol–water partition coefficient (Wildman–Crippen LogP) is 2.54. The molecule has 3 nitrogen and oxygen atoms in total. The summed E-state index contributed by atoms with van der Waals surface area (Å²) >= 11 is 12.3. The zero-order valence-corrected chi connectivity index (χ0v) is 10.5. The lowest BCUT2D eigenvalue weighted by molar-refractivity contribution is -0.171. The number of rotatable bonds is 4. The first-order valence-corrected chi connectivity index (χ1v) is 5.99. The van der Waals surface area contributed by atoms with Gasteiger partial charge in [-0.1, -0.05) is 13.3 Å². The molecule has 0 spiro atoms. The van der Waals surface area contributed by atoms with Crippen molar-refractivity contribution in [3.8, 4) is 0 Å². The number of ether oxygens (including phenoxy) is 2. The number of halogens is 2. The van der Waals surface area contributed by atoms with Crippen molar-refractivity contribution in [1.29, 1.82) is 0 Å². The maximum Gasteiger partial charge on any atom is 0.305 e. The summed E-state index contributed by atoms with van der Waals surface area (Å²) in [7, 11) is 0. The zero-order chi connectivity index (χ0) is 11.5. The van der Waals surface area contributed by atoms with Gasteiger partial charge in [0.1, 0.15) is 4.87 Å². The SMILES string of the molecule is CCC[C@]1(Cl)[C@H](CCl)CO[C@@H]1OC(C)=O. The van der Waals surface area contributed by atoms with Crippen molar-refractivity contribution in [2.24, 2.45) is 5.92 Å². The highest BCUT2D eigenvalue weighted by Gasteiger charge is 2.51. The number of hydrogen-bond acceptors (Lipinski definition) is 3. The summed E-state index contributed by atoms with van der Waals surface area (Å²) in [5.41, 5.74) is 0. The molecule has 1 fully saturated rings. The van der Waals surface area contributed by atoms with Crippen molar-refractivity contribution < 1.29 is 14.3 Å². The zero-order valence-electron chi connectivity index (χ0n) is 8.96. The van der Waals surface area contributed by atoms with Crippen LogP contribution in [0.3, 0.4) is 0 Å². The summed E-state index contributed by atoms with van der Waals surface area (Å²) in [4.78, 5) is 10.2. The van der Waals surface area contributed by atoms with Gasteiger partial charge in [-0.2, -0.15) is 0 Å². The summed E-state index contributed by atoms with van der Waals surface area (Å²) in [6.07, 6.45) is 0.961. The molecular formula is C10H16Cl2O3. The fourth-order valence-corrected chi connectivity index (χ4v) is 2.71. The molecule has 0 saturated carbocycles. The van der Waals surface area contributed by atoms with Crippen LogP contribution in [0.2, 0.25) is 0 Å². The van der Waals surface area contributed by atoms with Gasteiger partial charge in [0.15, 0.2) is 0 Å². The summed E-state index contributed by atoms with van der Waals surface area (Å²) in [5.74, 6) is 0.0721. The Labute approximate surface area is 100 Å². The number of alkyl halides is 2. The second kappa shape index (κ2) is 5.37. The van der Waals surface area contributed by atoms with E-state index in [1.165, 1.54) is 6.92 Å². The number of carbonyl (C=O) groups is 1. The van der Waals surface area contributed by atoms with E-state index in [0.29, 0.717) is 12.5 Å². The van der Waals surface area contributed by atoms with Gasteiger partial charge in [0.05, 0.1) is 6.61 Å². The molecule has 1 heterocycles. The van der Waals surface area contributed by atoms with Gasteiger partial charge in [-0.05, 0) is 6.42 Å². The molecule has 0 radical (unpaired) electrons. The van der Waals surface area contributed by atoms with Crippen LogP contribution in [-0.4, -0.2) is 29.6 Å². The lowest BCUT2D eigenvalue weighted by atomic mass is 9.91. The molecule has 1 rings (SSSR count). The summed E-state index contributed by atoms with van der Waals surface area (Å²) in [6, 6.07) is 0. The minimum Gasteiger partial charge on any atom is -0.434 e. The van der Waals surface area contributed by atoms with Crippen LogP contribution in [0.4, 0.5) is 0 Å². The van der Waals surface area contributed by atoms with Crippen LogP contribution in [0, 0.1) is 5.92 Å². The standard InChI is InChI=1S/C10H16Cl2O3/c1-3-4-10(12)8(5-11)6-14-9(10)15-7(2)13/h8-9H,3-6H2,1-2H3/t8-,9-,10+/m1/s1. The van der Waals surface area contributed by atoms with Crippen LogP contribution in [-0.2, 0) is 14.3 Å². The van der Waals surface area contributed by atoms with E-state index in [0.717, 1.165) is 12.8 Å². The Hall–Kier alpha value is 0.01000. The van der Waals surface area contributed by atoms with Crippen molar-refractivity contribution in [2.75, 3.05) is 12.5 Å². The van der Waals surface area contributed by atoms with Gasteiger partial charge in [-0.3, -0.25) is 4.79 Å². The van der Waals surface area contributed by atoms with Crippen LogP contribution in [0.25, 0.3) is 0 Å². The van der Waals surface area contributed by atoms with E-state index >= 15 is 0 Å². The van der Waals surface area contributed by atoms with Crippen molar-refractivity contribution in [3.05, 3.63) is 0 Å². The summed E-state index contributed by atoms with van der Waals surface area (Å²) < 4.78 is 10.4.